The summed E-state index contributed by atoms with van der Waals surface area (Å²) in [6.07, 6.45) is 5.67. The molecule has 180 valence electrons. The monoisotopic (exact) mass is 466 g/mol. The lowest BCUT2D eigenvalue weighted by Gasteiger charge is -2.30. The molecule has 1 fully saturated rings. The highest BCUT2D eigenvalue weighted by molar-refractivity contribution is 5.99. The molecule has 1 aliphatic heterocycles. The van der Waals surface area contributed by atoms with Crippen LogP contribution in [0.3, 0.4) is 0 Å². The Hall–Kier alpha value is -3.82. The second-order valence-corrected chi connectivity index (χ2v) is 9.54. The predicted octanol–water partition coefficient (Wildman–Crippen LogP) is 3.66. The number of pyridine rings is 1. The number of aromatic nitrogens is 3. The van der Waals surface area contributed by atoms with Gasteiger partial charge in [-0.15, -0.1) is 0 Å². The molecule has 0 saturated carbocycles. The fraction of sp³-hybridized carbons (Fsp3) is 0.417. The van der Waals surface area contributed by atoms with Crippen LogP contribution in [0.25, 0.3) is 11.1 Å². The zero-order valence-electron chi connectivity index (χ0n) is 19.6. The SMILES string of the molecule is CC(C)(C)c1nn(C2CCN(C(=O)O)CC2)cc1-c1cnc(N)c(C(=O)NCc2ccco2)c1. The van der Waals surface area contributed by atoms with Crippen molar-refractivity contribution in [1.29, 1.82) is 0 Å². The molecule has 4 N–H and O–H groups in total. The molecular formula is C24H30N6O4. The highest BCUT2D eigenvalue weighted by Gasteiger charge is 2.29. The van der Waals surface area contributed by atoms with E-state index in [4.69, 9.17) is 15.2 Å². The molecule has 1 saturated heterocycles. The molecule has 0 aromatic carbocycles. The maximum absolute atomic E-state index is 12.8. The van der Waals surface area contributed by atoms with Crippen molar-refractivity contribution in [2.24, 2.45) is 0 Å². The van der Waals surface area contributed by atoms with Gasteiger partial charge >= 0.3 is 6.09 Å². The summed E-state index contributed by atoms with van der Waals surface area (Å²) in [6.45, 7) is 7.44. The number of nitrogens with zero attached hydrogens (tertiary/aromatic N) is 4. The number of nitrogens with one attached hydrogen (secondary N) is 1. The summed E-state index contributed by atoms with van der Waals surface area (Å²) >= 11 is 0. The lowest BCUT2D eigenvalue weighted by molar-refractivity contribution is 0.0948. The Morgan fingerprint density at radius 2 is 2.03 bits per heavy atom. The Bertz CT molecular complexity index is 1170. The van der Waals surface area contributed by atoms with Crippen LogP contribution in [-0.4, -0.2) is 49.9 Å². The molecule has 10 nitrogen and oxygen atoms in total. The van der Waals surface area contributed by atoms with Crippen molar-refractivity contribution in [1.82, 2.24) is 25.0 Å². The van der Waals surface area contributed by atoms with Crippen LogP contribution >= 0.6 is 0 Å². The minimum atomic E-state index is -0.888. The third-order valence-corrected chi connectivity index (χ3v) is 6.03. The van der Waals surface area contributed by atoms with Crippen molar-refractivity contribution in [2.45, 2.75) is 51.6 Å². The maximum atomic E-state index is 12.8. The molecular weight excluding hydrogens is 436 g/mol. The Labute approximate surface area is 197 Å². The number of rotatable bonds is 5. The van der Waals surface area contributed by atoms with E-state index in [1.54, 1.807) is 30.7 Å². The number of piperidine rings is 1. The number of likely N-dealkylation sites (tertiary alicyclic amines) is 1. The van der Waals surface area contributed by atoms with E-state index in [0.717, 1.165) is 16.8 Å². The van der Waals surface area contributed by atoms with Gasteiger partial charge < -0.3 is 25.5 Å². The average molecular weight is 467 g/mol. The summed E-state index contributed by atoms with van der Waals surface area (Å²) in [4.78, 5) is 29.8. The van der Waals surface area contributed by atoms with Crippen LogP contribution in [0.1, 0.15) is 61.5 Å². The number of carbonyl (C=O) groups excluding carboxylic acids is 1. The normalized spacial score (nSPS) is 14.9. The van der Waals surface area contributed by atoms with Gasteiger partial charge in [-0.05, 0) is 31.0 Å². The fourth-order valence-electron chi connectivity index (χ4n) is 4.15. The first-order valence-corrected chi connectivity index (χ1v) is 11.3. The van der Waals surface area contributed by atoms with Crippen LogP contribution in [0.5, 0.6) is 0 Å². The number of furan rings is 1. The second kappa shape index (κ2) is 9.20. The Kier molecular flexibility index (Phi) is 6.32. The highest BCUT2D eigenvalue weighted by atomic mass is 16.4. The third kappa shape index (κ3) is 4.90. The summed E-state index contributed by atoms with van der Waals surface area (Å²) in [5.41, 5.74) is 8.56. The van der Waals surface area contributed by atoms with Gasteiger partial charge in [0.2, 0.25) is 0 Å². The van der Waals surface area contributed by atoms with E-state index in [1.807, 2.05) is 10.9 Å². The summed E-state index contributed by atoms with van der Waals surface area (Å²) in [5.74, 6) is 0.446. The first kappa shape index (κ1) is 23.3. The van der Waals surface area contributed by atoms with E-state index in [9.17, 15) is 14.7 Å². The van der Waals surface area contributed by atoms with E-state index >= 15 is 0 Å². The molecule has 0 bridgehead atoms. The molecule has 1 aliphatic rings. The van der Waals surface area contributed by atoms with Gasteiger partial charge in [0.25, 0.3) is 5.91 Å². The molecule has 0 atom stereocenters. The molecule has 2 amide bonds. The van der Waals surface area contributed by atoms with Crippen LogP contribution in [0.4, 0.5) is 10.6 Å². The van der Waals surface area contributed by atoms with Gasteiger partial charge in [0, 0.05) is 42.0 Å². The number of carboxylic acid groups (broad SMARTS) is 1. The summed E-state index contributed by atoms with van der Waals surface area (Å²) < 4.78 is 7.20. The maximum Gasteiger partial charge on any atom is 0.407 e. The van der Waals surface area contributed by atoms with E-state index in [0.29, 0.717) is 31.7 Å². The van der Waals surface area contributed by atoms with Crippen molar-refractivity contribution in [2.75, 3.05) is 18.8 Å². The van der Waals surface area contributed by atoms with Crippen molar-refractivity contribution >= 4 is 17.8 Å². The lowest BCUT2D eigenvalue weighted by Crippen LogP contribution is -2.38. The zero-order valence-corrected chi connectivity index (χ0v) is 19.6. The van der Waals surface area contributed by atoms with E-state index in [2.05, 4.69) is 31.1 Å². The molecule has 34 heavy (non-hydrogen) atoms. The first-order valence-electron chi connectivity index (χ1n) is 11.3. The smallest absolute Gasteiger partial charge is 0.407 e. The minimum Gasteiger partial charge on any atom is -0.467 e. The second-order valence-electron chi connectivity index (χ2n) is 9.54. The van der Waals surface area contributed by atoms with Gasteiger partial charge in [-0.1, -0.05) is 20.8 Å². The molecule has 0 radical (unpaired) electrons. The molecule has 3 aromatic rings. The van der Waals surface area contributed by atoms with Crippen molar-refractivity contribution in [3.63, 3.8) is 0 Å². The first-order chi connectivity index (χ1) is 16.1. The Morgan fingerprint density at radius 1 is 1.29 bits per heavy atom. The molecule has 0 aliphatic carbocycles. The highest BCUT2D eigenvalue weighted by Crippen LogP contribution is 2.35. The topological polar surface area (TPSA) is 140 Å². The standard InChI is InChI=1S/C24H30N6O4/c1-24(2,3)20-19(14-30(28-20)16-6-8-29(9-7-16)23(32)33)15-11-18(21(25)26-12-15)22(31)27-13-17-5-4-10-34-17/h4-5,10-12,14,16H,6-9,13H2,1-3H3,(H2,25,26)(H,27,31)(H,32,33). The third-order valence-electron chi connectivity index (χ3n) is 6.03. The Balaban J connectivity index is 1.62. The molecule has 4 rings (SSSR count). The van der Waals surface area contributed by atoms with Gasteiger partial charge in [-0.3, -0.25) is 9.48 Å². The fourth-order valence-corrected chi connectivity index (χ4v) is 4.15. The van der Waals surface area contributed by atoms with Gasteiger partial charge in [0.15, 0.2) is 0 Å². The van der Waals surface area contributed by atoms with Crippen molar-refractivity contribution in [3.05, 3.63) is 53.9 Å². The number of carbonyl (C=O) groups is 2. The number of anilines is 1. The van der Waals surface area contributed by atoms with Crippen LogP contribution in [0.2, 0.25) is 0 Å². The minimum absolute atomic E-state index is 0.100. The summed E-state index contributed by atoms with van der Waals surface area (Å²) in [6, 6.07) is 5.38. The summed E-state index contributed by atoms with van der Waals surface area (Å²) in [7, 11) is 0. The van der Waals surface area contributed by atoms with E-state index < -0.39 is 6.09 Å². The number of amides is 2. The van der Waals surface area contributed by atoms with Crippen LogP contribution in [0.15, 0.2) is 41.3 Å². The van der Waals surface area contributed by atoms with Crippen LogP contribution in [-0.2, 0) is 12.0 Å². The van der Waals surface area contributed by atoms with Crippen molar-refractivity contribution in [3.8, 4) is 11.1 Å². The van der Waals surface area contributed by atoms with Gasteiger partial charge in [-0.2, -0.15) is 5.10 Å². The average Bonchev–Trinajstić information content (AvgIpc) is 3.48. The number of nitrogen functional groups attached to an aromatic ring is 1. The van der Waals surface area contributed by atoms with Crippen LogP contribution in [0, 0.1) is 0 Å². The lowest BCUT2D eigenvalue weighted by atomic mass is 9.87. The predicted molar refractivity (Wildman–Crippen MR) is 126 cm³/mol. The number of hydrogen-bond donors (Lipinski definition) is 3. The van der Waals surface area contributed by atoms with Gasteiger partial charge in [-0.25, -0.2) is 9.78 Å². The zero-order chi connectivity index (χ0) is 24.5. The molecule has 4 heterocycles. The van der Waals surface area contributed by atoms with Crippen molar-refractivity contribution < 1.29 is 19.1 Å². The molecule has 3 aromatic heterocycles. The Morgan fingerprint density at radius 3 is 2.65 bits per heavy atom. The van der Waals surface area contributed by atoms with Gasteiger partial charge in [0.1, 0.15) is 11.6 Å². The molecule has 0 unspecified atom stereocenters. The molecule has 10 heteroatoms. The molecule has 0 spiro atoms. The van der Waals surface area contributed by atoms with E-state index in [1.165, 1.54) is 4.90 Å². The van der Waals surface area contributed by atoms with Gasteiger partial charge in [0.05, 0.1) is 30.1 Å². The van der Waals surface area contributed by atoms with Crippen LogP contribution < -0.4 is 11.1 Å². The number of hydrogen-bond acceptors (Lipinski definition) is 6. The van der Waals surface area contributed by atoms with E-state index in [-0.39, 0.29) is 35.3 Å². The summed E-state index contributed by atoms with van der Waals surface area (Å²) in [5, 5.41) is 16.9. The largest absolute Gasteiger partial charge is 0.467 e. The number of nitrogens with two attached hydrogens (primary N) is 1. The quantitative estimate of drug-likeness (QED) is 0.521.